The van der Waals surface area contributed by atoms with Crippen molar-refractivity contribution in [3.63, 3.8) is 0 Å². The first kappa shape index (κ1) is 35.7. The molecule has 2 aliphatic heterocycles. The van der Waals surface area contributed by atoms with Gasteiger partial charge in [-0.3, -0.25) is 0 Å². The fraction of sp³-hybridized carbons (Fsp3) is 0.870. The van der Waals surface area contributed by atoms with Gasteiger partial charge in [0.15, 0.2) is 0 Å². The van der Waals surface area contributed by atoms with Crippen LogP contribution in [0.4, 0.5) is 0 Å². The van der Waals surface area contributed by atoms with E-state index in [9.17, 15) is 0 Å². The zero-order chi connectivity index (χ0) is 34.7. The van der Waals surface area contributed by atoms with Crippen molar-refractivity contribution in [2.24, 2.45) is 47.3 Å². The van der Waals surface area contributed by atoms with Crippen LogP contribution in [0.2, 0.25) is 0 Å². The van der Waals surface area contributed by atoms with E-state index < -0.39 is 0 Å². The van der Waals surface area contributed by atoms with Crippen molar-refractivity contribution in [1.82, 2.24) is 10.6 Å². The molecule has 278 valence electrons. The Morgan fingerprint density at radius 1 is 0.600 bits per heavy atom. The minimum absolute atomic E-state index is 0.110. The van der Waals surface area contributed by atoms with Crippen LogP contribution < -0.4 is 10.6 Å². The van der Waals surface area contributed by atoms with Crippen LogP contribution in [-0.2, 0) is 22.1 Å². The van der Waals surface area contributed by atoms with Gasteiger partial charge in [0.05, 0.1) is 0 Å². The van der Waals surface area contributed by atoms with Crippen molar-refractivity contribution in [2.45, 2.75) is 177 Å². The Bertz CT molecular complexity index is 1290. The van der Waals surface area contributed by atoms with Crippen LogP contribution in [0.3, 0.4) is 0 Å². The lowest BCUT2D eigenvalue weighted by Gasteiger charge is -2.67. The van der Waals surface area contributed by atoms with E-state index in [-0.39, 0.29) is 23.9 Å². The lowest BCUT2D eigenvalue weighted by molar-refractivity contribution is 0.0184. The van der Waals surface area contributed by atoms with E-state index in [1.165, 1.54) is 58.0 Å². The van der Waals surface area contributed by atoms with Crippen molar-refractivity contribution < 1.29 is 0 Å². The van der Waals surface area contributed by atoms with E-state index in [0.29, 0.717) is 22.1 Å². The molecule has 2 heterocycles. The van der Waals surface area contributed by atoms with Crippen LogP contribution in [0, 0.1) is 47.3 Å². The molecule has 8 aliphatic carbocycles. The Morgan fingerprint density at radius 3 is 1.32 bits per heavy atom. The molecule has 2 saturated heterocycles. The van der Waals surface area contributed by atoms with Crippen LogP contribution in [0.5, 0.6) is 0 Å². The maximum absolute atomic E-state index is 3.94. The molecule has 0 spiro atoms. The fourth-order valence-corrected chi connectivity index (χ4v) is 21.5. The Balaban J connectivity index is 1.24. The van der Waals surface area contributed by atoms with Gasteiger partial charge in [0, 0.05) is 5.16 Å². The largest absolute Gasteiger partial charge is 0.316 e. The van der Waals surface area contributed by atoms with Crippen LogP contribution in [0.25, 0.3) is 0 Å². The number of nitrogens with one attached hydrogen (secondary N) is 2. The molecule has 0 amide bonds. The maximum atomic E-state index is 3.94. The summed E-state index contributed by atoms with van der Waals surface area (Å²) in [5, 5.41) is 9.33. The minimum Gasteiger partial charge on any atom is -0.316 e. The molecule has 10 aliphatic rings. The molecule has 3 unspecified atom stereocenters. The van der Waals surface area contributed by atoms with E-state index in [4.69, 9.17) is 0 Å². The minimum atomic E-state index is -0.110. The average Bonchev–Trinajstić information content (AvgIpc) is 3.05. The molecule has 2 N–H and O–H groups in total. The fourth-order valence-electron chi connectivity index (χ4n) is 15.5. The molecule has 1 aromatic carbocycles. The van der Waals surface area contributed by atoms with Crippen molar-refractivity contribution in [3.05, 3.63) is 34.4 Å². The Labute approximate surface area is 311 Å². The van der Waals surface area contributed by atoms with E-state index in [1.807, 2.05) is 5.56 Å². The first-order valence-electron chi connectivity index (χ1n) is 21.9. The van der Waals surface area contributed by atoms with Crippen molar-refractivity contribution in [1.29, 1.82) is 0 Å². The van der Waals surface area contributed by atoms with Gasteiger partial charge < -0.3 is 10.6 Å². The summed E-state index contributed by atoms with van der Waals surface area (Å²) in [6.45, 7) is 19.9. The highest BCUT2D eigenvalue weighted by atomic mass is 31.1. The number of benzene rings is 1. The first-order chi connectivity index (χ1) is 23.7. The van der Waals surface area contributed by atoms with Gasteiger partial charge in [0.25, 0.3) is 0 Å². The average molecular weight is 717 g/mol. The van der Waals surface area contributed by atoms with Crippen molar-refractivity contribution in [2.75, 3.05) is 26.2 Å². The van der Waals surface area contributed by atoms with E-state index in [2.05, 4.69) is 73.5 Å². The van der Waals surface area contributed by atoms with Crippen molar-refractivity contribution >= 4 is 17.2 Å². The zero-order valence-electron chi connectivity index (χ0n) is 33.1. The van der Waals surface area contributed by atoms with Crippen LogP contribution >= 0.6 is 17.2 Å². The topological polar surface area (TPSA) is 24.1 Å². The molecule has 2 nitrogen and oxygen atoms in total. The molecule has 10 fully saturated rings. The predicted molar refractivity (Wildman–Crippen MR) is 219 cm³/mol. The van der Waals surface area contributed by atoms with Crippen LogP contribution in [-0.4, -0.2) is 36.5 Å². The summed E-state index contributed by atoms with van der Waals surface area (Å²) < 4.78 is 0. The molecular weight excluding hydrogens is 642 g/mol. The Hall–Kier alpha value is 0. The van der Waals surface area contributed by atoms with Gasteiger partial charge in [-0.05, 0) is 226 Å². The second-order valence-corrected chi connectivity index (χ2v) is 26.5. The molecule has 3 atom stereocenters. The molecule has 1 aromatic rings. The molecule has 11 rings (SSSR count). The Kier molecular flexibility index (Phi) is 9.12. The quantitative estimate of drug-likeness (QED) is 0.275. The van der Waals surface area contributed by atoms with E-state index in [0.717, 1.165) is 35.5 Å². The third-order valence-electron chi connectivity index (χ3n) is 16.8. The van der Waals surface area contributed by atoms with Gasteiger partial charge in [-0.1, -0.05) is 61.6 Å². The number of hydrogen-bond donors (Lipinski definition) is 2. The monoisotopic (exact) mass is 717 g/mol. The lowest BCUT2D eigenvalue weighted by atomic mass is 9.55. The first-order valence-corrected chi connectivity index (χ1v) is 24.0. The molecular formula is C46H74N2P2. The second kappa shape index (κ2) is 12.8. The van der Waals surface area contributed by atoms with Gasteiger partial charge in [0.2, 0.25) is 0 Å². The lowest BCUT2D eigenvalue weighted by Crippen LogP contribution is -2.56. The number of hydrogen-bond acceptors (Lipinski definition) is 2. The molecule has 0 aromatic heterocycles. The highest BCUT2D eigenvalue weighted by Crippen LogP contribution is 2.80. The Morgan fingerprint density at radius 2 is 0.980 bits per heavy atom. The summed E-state index contributed by atoms with van der Waals surface area (Å²) in [6, 6.07) is 5.80. The summed E-state index contributed by atoms with van der Waals surface area (Å²) >= 11 is 0. The van der Waals surface area contributed by atoms with Gasteiger partial charge in [-0.25, -0.2) is 0 Å². The molecule has 4 heteroatoms. The normalized spacial score (nSPS) is 42.9. The molecule has 50 heavy (non-hydrogen) atoms. The van der Waals surface area contributed by atoms with E-state index in [1.54, 1.807) is 93.7 Å². The van der Waals surface area contributed by atoms with Gasteiger partial charge in [-0.2, -0.15) is 0 Å². The van der Waals surface area contributed by atoms with Crippen LogP contribution in [0.15, 0.2) is 12.1 Å². The summed E-state index contributed by atoms with van der Waals surface area (Å²) in [4.78, 5) is 0. The SMILES string of the molecule is CC(C)(C)c1cc(CP(C23CC4CC(CC(C4)C2)C3)C23CC4CC(CC(C4)C2)C3)c(C(P)(C2CCCNC2)C2CCCNC2)cc1C(C)(C)C. The highest BCUT2D eigenvalue weighted by molar-refractivity contribution is 7.60. The summed E-state index contributed by atoms with van der Waals surface area (Å²) in [5.74, 6) is 7.68. The number of piperidine rings is 2. The van der Waals surface area contributed by atoms with Crippen LogP contribution in [0.1, 0.15) is 167 Å². The zero-order valence-corrected chi connectivity index (χ0v) is 35.2. The maximum Gasteiger partial charge on any atom is 0.0181 e. The van der Waals surface area contributed by atoms with Gasteiger partial charge in [0.1, 0.15) is 0 Å². The summed E-state index contributed by atoms with van der Waals surface area (Å²) in [6.07, 6.45) is 26.0. The third kappa shape index (κ3) is 6.09. The van der Waals surface area contributed by atoms with Gasteiger partial charge >= 0.3 is 0 Å². The molecule has 8 saturated carbocycles. The predicted octanol–water partition coefficient (Wildman–Crippen LogP) is 11.3. The second-order valence-electron chi connectivity index (χ2n) is 22.4. The molecule has 8 bridgehead atoms. The van der Waals surface area contributed by atoms with Crippen molar-refractivity contribution in [3.8, 4) is 0 Å². The third-order valence-corrected chi connectivity index (χ3v) is 22.1. The summed E-state index contributed by atoms with van der Waals surface area (Å²) in [5.41, 5.74) is 7.20. The highest BCUT2D eigenvalue weighted by Gasteiger charge is 2.63. The smallest absolute Gasteiger partial charge is 0.0181 e. The summed E-state index contributed by atoms with van der Waals surface area (Å²) in [7, 11) is 3.62. The number of rotatable bonds is 7. The van der Waals surface area contributed by atoms with E-state index >= 15 is 0 Å². The van der Waals surface area contributed by atoms with Gasteiger partial charge in [-0.15, -0.1) is 9.24 Å². The molecule has 0 radical (unpaired) electrons. The standard InChI is InChI=1S/C46H74N2P2/c1-42(2,3)40-19-36(39(20-41(40)43(4,5)6)46(49,37-9-7-11-47-27-37)38-10-8-12-48-28-38)29-50(44-21-30-13-31(22-44)15-32(14-30)23-44)45-24-33-16-34(25-45)18-35(17-33)26-45/h19-20,30-35,37-38,47-48H,7-18,21-29,49H2,1-6H3.